The Kier molecular flexibility index (Phi) is 25.8. The van der Waals surface area contributed by atoms with Gasteiger partial charge in [-0.15, -0.1) is 0 Å². The summed E-state index contributed by atoms with van der Waals surface area (Å²) in [4.78, 5) is 20.1. The lowest BCUT2D eigenvalue weighted by atomic mass is 10.1. The van der Waals surface area contributed by atoms with Crippen LogP contribution in [0.15, 0.2) is 54.6 Å². The normalized spacial score (nSPS) is 9.24. The van der Waals surface area contributed by atoms with Crippen molar-refractivity contribution in [1.29, 1.82) is 0 Å². The summed E-state index contributed by atoms with van der Waals surface area (Å²) >= 11 is 0. The van der Waals surface area contributed by atoms with Gasteiger partial charge in [-0.1, -0.05) is 95.2 Å². The monoisotopic (exact) mass is 533 g/mol. The lowest BCUT2D eigenvalue weighted by Crippen LogP contribution is -2.26. The van der Waals surface area contributed by atoms with Gasteiger partial charge >= 0.3 is 5.97 Å². The van der Waals surface area contributed by atoms with Crippen LogP contribution in [-0.4, -0.2) is 27.6 Å². The molecule has 1 heterocycles. The molecule has 0 saturated heterocycles. The molecule has 0 bridgehead atoms. The zero-order valence-electron chi connectivity index (χ0n) is 21.5. The zero-order valence-corrected chi connectivity index (χ0v) is 21.5. The van der Waals surface area contributed by atoms with Crippen LogP contribution >= 0.6 is 0 Å². The van der Waals surface area contributed by atoms with Gasteiger partial charge in [0.2, 0.25) is 0 Å². The molecule has 2 aromatic carbocycles. The van der Waals surface area contributed by atoms with E-state index < -0.39 is 0 Å². The van der Waals surface area contributed by atoms with Crippen LogP contribution in [0.4, 0.5) is 11.5 Å². The number of nitrogens with zero attached hydrogens (tertiary/aromatic N) is 2. The topological polar surface area (TPSA) is 73.3 Å². The molecule has 1 aromatic heterocycles. The van der Waals surface area contributed by atoms with Crippen LogP contribution in [0.5, 0.6) is 5.88 Å². The van der Waals surface area contributed by atoms with Gasteiger partial charge in [0.05, 0.1) is 23.1 Å². The smallest absolute Gasteiger partial charge is 0.308 e. The van der Waals surface area contributed by atoms with E-state index in [2.05, 4.69) is 15.3 Å². The molecule has 6 heteroatoms. The van der Waals surface area contributed by atoms with Crippen molar-refractivity contribution in [3.05, 3.63) is 54.6 Å². The highest BCUT2D eigenvalue weighted by Gasteiger charge is 2.18. The first kappa shape index (κ1) is 44.8. The molecule has 0 radical (unpaired) electrons. The van der Waals surface area contributed by atoms with Gasteiger partial charge in [0, 0.05) is 5.69 Å². The summed E-state index contributed by atoms with van der Waals surface area (Å²) in [6, 6.07) is 17.7. The van der Waals surface area contributed by atoms with Crippen LogP contribution in [-0.2, 0) is 9.53 Å². The van der Waals surface area contributed by atoms with E-state index in [1.807, 2.05) is 117 Å². The summed E-state index contributed by atoms with van der Waals surface area (Å²) in [5.41, 5.74) is 2.27. The Balaban J connectivity index is -0.000000187. The molecule has 0 amide bonds. The fourth-order valence-corrected chi connectivity index (χ4v) is 2.45. The third kappa shape index (κ3) is 16.6. The van der Waals surface area contributed by atoms with Crippen LogP contribution in [0.3, 0.4) is 0 Å². The fourth-order valence-electron chi connectivity index (χ4n) is 2.45. The summed E-state index contributed by atoms with van der Waals surface area (Å²) in [7, 11) is 0. The summed E-state index contributed by atoms with van der Waals surface area (Å²) in [6.07, 6.45) is 0.0387. The molecule has 220 valence electrons. The first-order chi connectivity index (χ1) is 15.5. The number of aromatic nitrogens is 2. The first-order valence-electron chi connectivity index (χ1n) is 11.5. The molecule has 0 aliphatic heterocycles. The lowest BCUT2D eigenvalue weighted by molar-refractivity contribution is -0.158. The second-order valence-electron chi connectivity index (χ2n) is 8.71. The van der Waals surface area contributed by atoms with Gasteiger partial charge < -0.3 is 14.8 Å². The number of nitrogens with one attached hydrogen (secondary N) is 1. The largest absolute Gasteiger partial charge is 0.472 e. The molecule has 0 aliphatic rings. The maximum absolute atomic E-state index is 10.9. The van der Waals surface area contributed by atoms with E-state index >= 15 is 0 Å². The molecule has 3 rings (SSSR count). The van der Waals surface area contributed by atoms with Crippen molar-refractivity contribution in [2.24, 2.45) is 5.92 Å². The average Bonchev–Trinajstić information content (AvgIpc) is 2.75. The second kappa shape index (κ2) is 21.9. The minimum absolute atomic E-state index is 0. The number of rotatable bonds is 5. The molecular weight excluding hydrogens is 474 g/mol. The molecule has 38 heavy (non-hydrogen) atoms. The summed E-state index contributed by atoms with van der Waals surface area (Å²) in [6.45, 7) is 17.2. The third-order valence-corrected chi connectivity index (χ3v) is 3.80. The van der Waals surface area contributed by atoms with Crippen molar-refractivity contribution in [2.45, 2.75) is 111 Å². The predicted octanol–water partition coefficient (Wildman–Crippen LogP) is 10.4. The molecular formula is C32H59N3O3. The number of fused-ring (bicyclic) bond motifs is 1. The number of carbonyl (C=O) groups excluding carboxylic acids is 1. The Morgan fingerprint density at radius 3 is 1.61 bits per heavy atom. The van der Waals surface area contributed by atoms with Crippen molar-refractivity contribution in [3.8, 4) is 5.88 Å². The third-order valence-electron chi connectivity index (χ3n) is 3.80. The highest BCUT2D eigenvalue weighted by atomic mass is 16.6. The van der Waals surface area contributed by atoms with E-state index in [0.717, 1.165) is 16.7 Å². The van der Waals surface area contributed by atoms with Crippen LogP contribution in [0, 0.1) is 5.92 Å². The maximum Gasteiger partial charge on any atom is 0.308 e. The molecule has 0 fully saturated rings. The molecule has 0 atom stereocenters. The molecule has 0 aliphatic carbocycles. The van der Waals surface area contributed by atoms with E-state index in [9.17, 15) is 4.79 Å². The zero-order chi connectivity index (χ0) is 25.0. The van der Waals surface area contributed by atoms with Gasteiger partial charge in [-0.3, -0.25) is 4.79 Å². The highest BCUT2D eigenvalue weighted by Crippen LogP contribution is 2.27. The summed E-state index contributed by atoms with van der Waals surface area (Å²) in [5, 5.41) is 3.27. The number of ether oxygens (including phenoxy) is 2. The number of hydrogen-bond acceptors (Lipinski definition) is 6. The molecule has 6 nitrogen and oxygen atoms in total. The second-order valence-corrected chi connectivity index (χ2v) is 8.71. The molecule has 3 aromatic rings. The SMILES string of the molecule is C.C.C.C.C.CC.CC(C)C(=O)OC(C)(C)C.CC(C)Oc1nc2ccccc2nc1Nc1ccccc1. The fraction of sp³-hybridized carbons (Fsp3) is 0.531. The highest BCUT2D eigenvalue weighted by molar-refractivity contribution is 5.78. The van der Waals surface area contributed by atoms with Crippen molar-refractivity contribution in [1.82, 2.24) is 9.97 Å². The number of hydrogen-bond donors (Lipinski definition) is 1. The summed E-state index contributed by atoms with van der Waals surface area (Å²) < 4.78 is 10.8. The molecule has 0 unspecified atom stereocenters. The summed E-state index contributed by atoms with van der Waals surface area (Å²) in [5.74, 6) is 0.993. The number of anilines is 2. The minimum Gasteiger partial charge on any atom is -0.472 e. The standard InChI is InChI=1S/C17H17N3O.C8H16O2.C2H6.5CH4/c1-12(2)21-17-16(18-13-8-4-3-5-9-13)19-14-10-6-7-11-15(14)20-17;1-6(2)7(9)10-8(3,4)5;1-2;;;;;/h3-12H,1-2H3,(H,18,19);6H,1-5H3;1-2H3;5*1H4. The van der Waals surface area contributed by atoms with Gasteiger partial charge in [0.25, 0.3) is 5.88 Å². The van der Waals surface area contributed by atoms with Gasteiger partial charge in [0.1, 0.15) is 5.60 Å². The average molecular weight is 534 g/mol. The van der Waals surface area contributed by atoms with Crippen molar-refractivity contribution >= 4 is 28.5 Å². The van der Waals surface area contributed by atoms with Crippen LogP contribution in [0.1, 0.15) is 99.4 Å². The number of esters is 1. The van der Waals surface area contributed by atoms with E-state index in [1.54, 1.807) is 0 Å². The van der Waals surface area contributed by atoms with E-state index in [4.69, 9.17) is 9.47 Å². The quantitative estimate of drug-likeness (QED) is 0.329. The Labute approximate surface area is 235 Å². The lowest BCUT2D eigenvalue weighted by Gasteiger charge is -2.20. The molecule has 0 saturated carbocycles. The van der Waals surface area contributed by atoms with Gasteiger partial charge in [-0.2, -0.15) is 0 Å². The van der Waals surface area contributed by atoms with E-state index in [-0.39, 0.29) is 60.7 Å². The van der Waals surface area contributed by atoms with Crippen LogP contribution in [0.25, 0.3) is 11.0 Å². The number of para-hydroxylation sites is 3. The molecule has 1 N–H and O–H groups in total. The van der Waals surface area contributed by atoms with Gasteiger partial charge in [-0.25, -0.2) is 9.97 Å². The maximum atomic E-state index is 10.9. The Morgan fingerprint density at radius 2 is 1.21 bits per heavy atom. The van der Waals surface area contributed by atoms with E-state index in [0.29, 0.717) is 11.7 Å². The van der Waals surface area contributed by atoms with Gasteiger partial charge in [-0.05, 0) is 58.9 Å². The first-order valence-corrected chi connectivity index (χ1v) is 11.5. The molecule has 0 spiro atoms. The minimum atomic E-state index is -0.346. The Bertz CT molecular complexity index is 982. The Hall–Kier alpha value is -3.15. The van der Waals surface area contributed by atoms with Crippen molar-refractivity contribution < 1.29 is 14.3 Å². The Morgan fingerprint density at radius 1 is 0.763 bits per heavy atom. The van der Waals surface area contributed by atoms with Crippen molar-refractivity contribution in [2.75, 3.05) is 5.32 Å². The van der Waals surface area contributed by atoms with Crippen molar-refractivity contribution in [3.63, 3.8) is 0 Å². The van der Waals surface area contributed by atoms with Gasteiger partial charge in [0.15, 0.2) is 5.82 Å². The van der Waals surface area contributed by atoms with Crippen LogP contribution < -0.4 is 10.1 Å². The van der Waals surface area contributed by atoms with E-state index in [1.165, 1.54) is 0 Å². The number of carbonyl (C=O) groups is 1. The van der Waals surface area contributed by atoms with Crippen LogP contribution in [0.2, 0.25) is 0 Å². The predicted molar refractivity (Wildman–Crippen MR) is 171 cm³/mol. The number of benzene rings is 2.